The van der Waals surface area contributed by atoms with E-state index >= 15 is 0 Å². The Bertz CT molecular complexity index is 971. The van der Waals surface area contributed by atoms with Crippen LogP contribution in [0.15, 0.2) is 53.4 Å². The van der Waals surface area contributed by atoms with E-state index < -0.39 is 10.0 Å². The lowest BCUT2D eigenvalue weighted by atomic mass is 10.1. The first-order valence-electron chi connectivity index (χ1n) is 10.7. The van der Waals surface area contributed by atoms with Gasteiger partial charge in [-0.05, 0) is 37.1 Å². The molecule has 1 aliphatic rings. The first kappa shape index (κ1) is 23.2. The van der Waals surface area contributed by atoms with Crippen molar-refractivity contribution in [2.24, 2.45) is 0 Å². The highest BCUT2D eigenvalue weighted by molar-refractivity contribution is 7.92. The Balaban J connectivity index is 1.79. The van der Waals surface area contributed by atoms with Gasteiger partial charge in [0.25, 0.3) is 10.0 Å². The second-order valence-electron chi connectivity index (χ2n) is 7.61. The molecule has 0 saturated carbocycles. The van der Waals surface area contributed by atoms with Crippen LogP contribution in [-0.4, -0.2) is 65.2 Å². The maximum Gasteiger partial charge on any atom is 0.264 e. The fourth-order valence-electron chi connectivity index (χ4n) is 3.55. The highest BCUT2D eigenvalue weighted by Crippen LogP contribution is 2.27. The summed E-state index contributed by atoms with van der Waals surface area (Å²) in [7, 11) is -3.90. The minimum Gasteiger partial charge on any atom is -0.379 e. The largest absolute Gasteiger partial charge is 0.379 e. The Morgan fingerprint density at radius 1 is 1.10 bits per heavy atom. The van der Waals surface area contributed by atoms with E-state index in [-0.39, 0.29) is 17.3 Å². The number of carbonyl (C=O) groups is 1. The zero-order valence-corrected chi connectivity index (χ0v) is 19.0. The van der Waals surface area contributed by atoms with Crippen LogP contribution in [-0.2, 0) is 26.0 Å². The van der Waals surface area contributed by atoms with Crippen molar-refractivity contribution >= 4 is 21.6 Å². The van der Waals surface area contributed by atoms with Crippen LogP contribution in [0.3, 0.4) is 0 Å². The van der Waals surface area contributed by atoms with E-state index in [0.29, 0.717) is 38.4 Å². The maximum atomic E-state index is 13.5. The molecular weight excluding hydrogens is 414 g/mol. The molecule has 0 atom stereocenters. The number of nitrogens with one attached hydrogen (secondary N) is 1. The molecule has 31 heavy (non-hydrogen) atoms. The number of benzene rings is 2. The Morgan fingerprint density at radius 3 is 2.45 bits per heavy atom. The molecule has 0 aliphatic carbocycles. The molecule has 1 saturated heterocycles. The number of morpholine rings is 1. The first-order chi connectivity index (χ1) is 14.9. The van der Waals surface area contributed by atoms with Crippen LogP contribution < -0.4 is 9.62 Å². The van der Waals surface area contributed by atoms with Gasteiger partial charge < -0.3 is 10.1 Å². The van der Waals surface area contributed by atoms with Gasteiger partial charge in [0.15, 0.2) is 0 Å². The van der Waals surface area contributed by atoms with Crippen molar-refractivity contribution in [2.75, 3.05) is 50.2 Å². The number of hydrogen-bond acceptors (Lipinski definition) is 5. The predicted octanol–water partition coefficient (Wildman–Crippen LogP) is 2.20. The summed E-state index contributed by atoms with van der Waals surface area (Å²) in [4.78, 5) is 15.1. The molecule has 0 bridgehead atoms. The van der Waals surface area contributed by atoms with E-state index in [4.69, 9.17) is 4.74 Å². The van der Waals surface area contributed by atoms with Gasteiger partial charge in [-0.3, -0.25) is 14.0 Å². The Labute approximate surface area is 185 Å². The lowest BCUT2D eigenvalue weighted by molar-refractivity contribution is -0.119. The van der Waals surface area contributed by atoms with Crippen LogP contribution >= 0.6 is 0 Å². The third-order valence-corrected chi connectivity index (χ3v) is 7.17. The molecule has 0 spiro atoms. The Kier molecular flexibility index (Phi) is 8.06. The number of hydrogen-bond donors (Lipinski definition) is 1. The van der Waals surface area contributed by atoms with Crippen LogP contribution in [0, 0.1) is 6.92 Å². The second-order valence-corrected chi connectivity index (χ2v) is 9.47. The van der Waals surface area contributed by atoms with Crippen LogP contribution in [0.2, 0.25) is 0 Å². The average molecular weight is 446 g/mol. The van der Waals surface area contributed by atoms with Gasteiger partial charge in [0, 0.05) is 26.2 Å². The highest BCUT2D eigenvalue weighted by atomic mass is 32.2. The maximum absolute atomic E-state index is 13.5. The van der Waals surface area contributed by atoms with Gasteiger partial charge in [0.2, 0.25) is 5.91 Å². The van der Waals surface area contributed by atoms with E-state index in [1.54, 1.807) is 36.4 Å². The molecule has 1 aliphatic heterocycles. The van der Waals surface area contributed by atoms with E-state index in [9.17, 15) is 13.2 Å². The van der Waals surface area contributed by atoms with E-state index in [0.717, 1.165) is 24.2 Å². The van der Waals surface area contributed by atoms with Gasteiger partial charge in [-0.15, -0.1) is 0 Å². The number of nitrogens with zero attached hydrogens (tertiary/aromatic N) is 2. The van der Waals surface area contributed by atoms with Gasteiger partial charge in [0.05, 0.1) is 23.8 Å². The van der Waals surface area contributed by atoms with Gasteiger partial charge in [-0.2, -0.15) is 0 Å². The van der Waals surface area contributed by atoms with Crippen molar-refractivity contribution in [3.05, 3.63) is 59.7 Å². The molecule has 1 amide bonds. The molecule has 1 N–H and O–H groups in total. The summed E-state index contributed by atoms with van der Waals surface area (Å²) in [5.41, 5.74) is 2.38. The van der Waals surface area contributed by atoms with Crippen LogP contribution in [0.5, 0.6) is 0 Å². The number of rotatable bonds is 9. The second kappa shape index (κ2) is 10.7. The molecule has 2 aromatic carbocycles. The standard InChI is InChI=1S/C23H31N3O4S/c1-3-20-6-4-5-7-22(20)26(31(28,29)21-10-8-19(2)9-11-21)18-23(27)24-12-13-25-14-16-30-17-15-25/h4-11H,3,12-18H2,1-2H3,(H,24,27). The van der Waals surface area contributed by atoms with E-state index in [1.807, 2.05) is 26.0 Å². The van der Waals surface area contributed by atoms with Crippen LogP contribution in [0.4, 0.5) is 5.69 Å². The van der Waals surface area contributed by atoms with Crippen molar-refractivity contribution < 1.29 is 17.9 Å². The summed E-state index contributed by atoms with van der Waals surface area (Å²) >= 11 is 0. The van der Waals surface area contributed by atoms with Gasteiger partial charge in [0.1, 0.15) is 6.54 Å². The molecule has 3 rings (SSSR count). The van der Waals surface area contributed by atoms with Crippen LogP contribution in [0.25, 0.3) is 0 Å². The normalized spacial score (nSPS) is 14.9. The molecule has 7 nitrogen and oxygen atoms in total. The smallest absolute Gasteiger partial charge is 0.264 e. The molecule has 1 fully saturated rings. The van der Waals surface area contributed by atoms with Crippen molar-refractivity contribution in [3.8, 4) is 0 Å². The number of aryl methyl sites for hydroxylation is 2. The minimum atomic E-state index is -3.90. The van der Waals surface area contributed by atoms with Crippen LogP contribution in [0.1, 0.15) is 18.1 Å². The van der Waals surface area contributed by atoms with E-state index in [2.05, 4.69) is 10.2 Å². The molecule has 8 heteroatoms. The number of amides is 1. The van der Waals surface area contributed by atoms with Gasteiger partial charge in [-0.1, -0.05) is 42.8 Å². The fourth-order valence-corrected chi connectivity index (χ4v) is 5.01. The number of carbonyl (C=O) groups excluding carboxylic acids is 1. The third kappa shape index (κ3) is 6.06. The van der Waals surface area contributed by atoms with E-state index in [1.165, 1.54) is 4.31 Å². The quantitative estimate of drug-likeness (QED) is 0.640. The molecule has 0 radical (unpaired) electrons. The van der Waals surface area contributed by atoms with Crippen molar-refractivity contribution in [2.45, 2.75) is 25.2 Å². The monoisotopic (exact) mass is 445 g/mol. The Morgan fingerprint density at radius 2 is 1.77 bits per heavy atom. The number of para-hydroxylation sites is 1. The van der Waals surface area contributed by atoms with Gasteiger partial charge in [-0.25, -0.2) is 8.42 Å². The summed E-state index contributed by atoms with van der Waals surface area (Å²) < 4.78 is 33.5. The first-order valence-corrected chi connectivity index (χ1v) is 12.1. The minimum absolute atomic E-state index is 0.171. The number of ether oxygens (including phenoxy) is 1. The fraction of sp³-hybridized carbons (Fsp3) is 0.435. The lowest BCUT2D eigenvalue weighted by Crippen LogP contribution is -2.45. The highest BCUT2D eigenvalue weighted by Gasteiger charge is 2.28. The summed E-state index contributed by atoms with van der Waals surface area (Å²) in [5.74, 6) is -0.324. The molecule has 168 valence electrons. The third-order valence-electron chi connectivity index (χ3n) is 5.39. The molecular formula is C23H31N3O4S. The average Bonchev–Trinajstić information content (AvgIpc) is 2.78. The summed E-state index contributed by atoms with van der Waals surface area (Å²) in [6.45, 7) is 7.87. The summed E-state index contributed by atoms with van der Waals surface area (Å²) in [6.07, 6.45) is 0.661. The Hall–Kier alpha value is -2.42. The summed E-state index contributed by atoms with van der Waals surface area (Å²) in [5, 5.41) is 2.87. The zero-order valence-electron chi connectivity index (χ0n) is 18.2. The number of anilines is 1. The number of sulfonamides is 1. The SMILES string of the molecule is CCc1ccccc1N(CC(=O)NCCN1CCOCC1)S(=O)(=O)c1ccc(C)cc1. The molecule has 0 unspecified atom stereocenters. The molecule has 1 heterocycles. The van der Waals surface area contributed by atoms with Gasteiger partial charge >= 0.3 is 0 Å². The van der Waals surface area contributed by atoms with Crippen molar-refractivity contribution in [1.29, 1.82) is 0 Å². The molecule has 2 aromatic rings. The van der Waals surface area contributed by atoms with Crippen molar-refractivity contribution in [3.63, 3.8) is 0 Å². The van der Waals surface area contributed by atoms with Crippen molar-refractivity contribution in [1.82, 2.24) is 10.2 Å². The predicted molar refractivity (Wildman–Crippen MR) is 122 cm³/mol. The zero-order chi connectivity index (χ0) is 22.3. The summed E-state index contributed by atoms with van der Waals surface area (Å²) in [6, 6.07) is 14.0. The molecule has 0 aromatic heterocycles. The topological polar surface area (TPSA) is 79.0 Å². The lowest BCUT2D eigenvalue weighted by Gasteiger charge is -2.28.